The molecule has 2 fully saturated rings. The van der Waals surface area contributed by atoms with Gasteiger partial charge in [0.1, 0.15) is 5.82 Å². The van der Waals surface area contributed by atoms with Gasteiger partial charge in [-0.05, 0) is 48.4 Å². The number of nitrogens with zero attached hydrogens (tertiary/aromatic N) is 6. The van der Waals surface area contributed by atoms with Crippen LogP contribution in [0, 0.1) is 5.92 Å². The Morgan fingerprint density at radius 1 is 1.14 bits per heavy atom. The molecule has 176 valence electrons. The summed E-state index contributed by atoms with van der Waals surface area (Å²) in [7, 11) is 14.3. The Bertz CT molecular complexity index is 1270. The number of amides is 2. The number of hydrogen-bond donors (Lipinski definition) is 1. The number of halogens is 2. The first-order valence-corrected chi connectivity index (χ1v) is 12.0. The van der Waals surface area contributed by atoms with E-state index in [1.54, 1.807) is 36.6 Å². The van der Waals surface area contributed by atoms with Crippen molar-refractivity contribution in [3.05, 3.63) is 58.7 Å². The zero-order valence-electron chi connectivity index (χ0n) is 19.6. The van der Waals surface area contributed by atoms with Crippen LogP contribution in [0.4, 0.5) is 16.6 Å². The lowest BCUT2D eigenvalue weighted by atomic mass is 9.55. The van der Waals surface area contributed by atoms with E-state index in [9.17, 15) is 4.79 Å². The number of imidazole rings is 1. The predicted molar refractivity (Wildman–Crippen MR) is 139 cm³/mol. The number of anilines is 2. The van der Waals surface area contributed by atoms with Gasteiger partial charge in [-0.15, -0.1) is 0 Å². The standard InChI is InChI=1S/C23H23B2Cl2N7O/c1-13(2)19-23(24,25)32(3)21(35)34(19)18-4-7-28-20(30-18)31-22(5-6-22)17-11-33(12-29-17)16-9-14(26)8-15(27)10-16/h4,7-13,19H,5-6H2,1-3H3,(H,28,30,31). The fourth-order valence-corrected chi connectivity index (χ4v) is 5.17. The lowest BCUT2D eigenvalue weighted by Gasteiger charge is -2.37. The van der Waals surface area contributed by atoms with Crippen LogP contribution in [-0.4, -0.2) is 64.6 Å². The van der Waals surface area contributed by atoms with Gasteiger partial charge in [-0.3, -0.25) is 4.90 Å². The fourth-order valence-electron chi connectivity index (χ4n) is 4.65. The van der Waals surface area contributed by atoms with Crippen LogP contribution in [0.2, 0.25) is 10.0 Å². The van der Waals surface area contributed by atoms with Crippen molar-refractivity contribution >= 4 is 56.7 Å². The van der Waals surface area contributed by atoms with Crippen LogP contribution in [0.15, 0.2) is 43.0 Å². The van der Waals surface area contributed by atoms with Crippen molar-refractivity contribution in [3.8, 4) is 5.69 Å². The maximum absolute atomic E-state index is 13.0. The molecule has 1 aliphatic heterocycles. The molecule has 35 heavy (non-hydrogen) atoms. The summed E-state index contributed by atoms with van der Waals surface area (Å²) in [5.74, 6) is 0.833. The lowest BCUT2D eigenvalue weighted by Crippen LogP contribution is -2.54. The van der Waals surface area contributed by atoms with E-state index >= 15 is 0 Å². The van der Waals surface area contributed by atoms with Gasteiger partial charge in [-0.1, -0.05) is 37.0 Å². The Hall–Kier alpha value is -2.71. The number of benzene rings is 1. The Kier molecular flexibility index (Phi) is 5.79. The average molecular weight is 506 g/mol. The molecule has 1 N–H and O–H groups in total. The third kappa shape index (κ3) is 4.16. The average Bonchev–Trinajstić information content (AvgIpc) is 3.32. The van der Waals surface area contributed by atoms with Crippen LogP contribution in [-0.2, 0) is 5.54 Å². The summed E-state index contributed by atoms with van der Waals surface area (Å²) in [5.41, 5.74) is 1.27. The molecule has 1 aromatic carbocycles. The van der Waals surface area contributed by atoms with Gasteiger partial charge in [0, 0.05) is 41.2 Å². The molecule has 0 bridgehead atoms. The number of rotatable bonds is 6. The summed E-state index contributed by atoms with van der Waals surface area (Å²) < 4.78 is 1.88. The van der Waals surface area contributed by atoms with Crippen molar-refractivity contribution in [2.45, 2.75) is 43.6 Å². The van der Waals surface area contributed by atoms with Crippen LogP contribution >= 0.6 is 23.2 Å². The molecule has 3 aromatic rings. The van der Waals surface area contributed by atoms with Crippen molar-refractivity contribution in [1.82, 2.24) is 24.4 Å². The first-order chi connectivity index (χ1) is 16.5. The Morgan fingerprint density at radius 2 is 1.83 bits per heavy atom. The van der Waals surface area contributed by atoms with Crippen molar-refractivity contribution in [2.24, 2.45) is 5.92 Å². The first-order valence-electron chi connectivity index (χ1n) is 11.3. The molecule has 0 spiro atoms. The molecule has 1 unspecified atom stereocenters. The van der Waals surface area contributed by atoms with E-state index in [1.165, 1.54) is 4.90 Å². The quantitative estimate of drug-likeness (QED) is 0.513. The third-order valence-electron chi connectivity index (χ3n) is 6.66. The minimum atomic E-state index is -1.32. The van der Waals surface area contributed by atoms with Crippen LogP contribution in [0.3, 0.4) is 0 Å². The number of nitrogens with one attached hydrogen (secondary N) is 1. The van der Waals surface area contributed by atoms with Gasteiger partial charge in [0.2, 0.25) is 5.95 Å². The van der Waals surface area contributed by atoms with Crippen molar-refractivity contribution in [1.29, 1.82) is 0 Å². The summed E-state index contributed by atoms with van der Waals surface area (Å²) in [6.45, 7) is 3.95. The molecule has 5 rings (SSSR count). The summed E-state index contributed by atoms with van der Waals surface area (Å²) in [6.07, 6.45) is 7.01. The van der Waals surface area contributed by atoms with Crippen molar-refractivity contribution < 1.29 is 4.79 Å². The summed E-state index contributed by atoms with van der Waals surface area (Å²) in [4.78, 5) is 29.6. The highest BCUT2D eigenvalue weighted by molar-refractivity contribution is 6.43. The minimum Gasteiger partial charge on any atom is -0.343 e. The number of aromatic nitrogens is 4. The second-order valence-corrected chi connectivity index (χ2v) is 10.4. The summed E-state index contributed by atoms with van der Waals surface area (Å²) in [5, 5.41) is 3.20. The lowest BCUT2D eigenvalue weighted by molar-refractivity contribution is 0.221. The van der Waals surface area contributed by atoms with E-state index in [0.29, 0.717) is 21.8 Å². The van der Waals surface area contributed by atoms with Crippen LogP contribution in [0.5, 0.6) is 0 Å². The molecule has 12 heteroatoms. The number of carbonyl (C=O) groups is 1. The molecule has 2 aliphatic rings. The second kappa shape index (κ2) is 8.45. The molecule has 1 saturated heterocycles. The Balaban J connectivity index is 1.42. The highest BCUT2D eigenvalue weighted by Crippen LogP contribution is 2.47. The topological polar surface area (TPSA) is 79.2 Å². The number of urea groups is 1. The van der Waals surface area contributed by atoms with Crippen LogP contribution in [0.1, 0.15) is 32.4 Å². The Morgan fingerprint density at radius 3 is 2.46 bits per heavy atom. The van der Waals surface area contributed by atoms with Gasteiger partial charge in [0.15, 0.2) is 0 Å². The molecular weight excluding hydrogens is 483 g/mol. The monoisotopic (exact) mass is 505 g/mol. The van der Waals surface area contributed by atoms with Gasteiger partial charge >= 0.3 is 6.03 Å². The van der Waals surface area contributed by atoms with E-state index < -0.39 is 16.9 Å². The largest absolute Gasteiger partial charge is 0.343 e. The number of carbonyl (C=O) groups excluding carboxylic acids is 1. The summed E-state index contributed by atoms with van der Waals surface area (Å²) >= 11 is 12.3. The van der Waals surface area contributed by atoms with Crippen molar-refractivity contribution in [2.75, 3.05) is 17.3 Å². The highest BCUT2D eigenvalue weighted by Gasteiger charge is 2.51. The van der Waals surface area contributed by atoms with Gasteiger partial charge in [0.05, 0.1) is 33.3 Å². The van der Waals surface area contributed by atoms with E-state index in [-0.39, 0.29) is 11.9 Å². The number of hydrogen-bond acceptors (Lipinski definition) is 5. The Labute approximate surface area is 216 Å². The van der Waals surface area contributed by atoms with Gasteiger partial charge in [-0.25, -0.2) is 14.8 Å². The normalized spacial score (nSPS) is 20.5. The maximum atomic E-state index is 13.0. The van der Waals surface area contributed by atoms with Crippen LogP contribution < -0.4 is 10.2 Å². The molecule has 3 heterocycles. The van der Waals surface area contributed by atoms with E-state index in [2.05, 4.69) is 20.3 Å². The van der Waals surface area contributed by atoms with Crippen LogP contribution in [0.25, 0.3) is 5.69 Å². The van der Waals surface area contributed by atoms with Crippen molar-refractivity contribution in [3.63, 3.8) is 0 Å². The molecule has 8 nitrogen and oxygen atoms in total. The predicted octanol–water partition coefficient (Wildman–Crippen LogP) is 3.96. The smallest absolute Gasteiger partial charge is 0.324 e. The SMILES string of the molecule is [B]C1([B])C(C(C)C)N(c2ccnc(NC3(c4cn(-c5cc(Cl)cc(Cl)c5)cn4)CC3)n2)C(=O)N1C. The highest BCUT2D eigenvalue weighted by atomic mass is 35.5. The van der Waals surface area contributed by atoms with E-state index in [0.717, 1.165) is 24.2 Å². The second-order valence-electron chi connectivity index (χ2n) is 9.53. The molecule has 1 aliphatic carbocycles. The molecule has 1 atom stereocenters. The van der Waals surface area contributed by atoms with E-state index in [1.807, 2.05) is 36.7 Å². The molecular formula is C23H23B2Cl2N7O. The van der Waals surface area contributed by atoms with Gasteiger partial charge < -0.3 is 14.8 Å². The third-order valence-corrected chi connectivity index (χ3v) is 7.10. The zero-order valence-corrected chi connectivity index (χ0v) is 21.1. The summed E-state index contributed by atoms with van der Waals surface area (Å²) in [6, 6.07) is 6.25. The minimum absolute atomic E-state index is 0.00371. The van der Waals surface area contributed by atoms with Gasteiger partial charge in [0.25, 0.3) is 0 Å². The van der Waals surface area contributed by atoms with Gasteiger partial charge in [-0.2, -0.15) is 4.98 Å². The zero-order chi connectivity index (χ0) is 25.1. The molecule has 1 saturated carbocycles. The fraction of sp³-hybridized carbons (Fsp3) is 0.391. The molecule has 2 amide bonds. The molecule has 4 radical (unpaired) electrons. The molecule has 2 aromatic heterocycles. The maximum Gasteiger partial charge on any atom is 0.324 e. The first kappa shape index (κ1) is 24.0. The van der Waals surface area contributed by atoms with E-state index in [4.69, 9.17) is 38.9 Å². The number of likely N-dealkylation sites (N-methyl/N-ethyl adjacent to an activating group) is 1.